The van der Waals surface area contributed by atoms with E-state index in [0.717, 1.165) is 36.1 Å². The zero-order valence-electron chi connectivity index (χ0n) is 12.3. The first-order valence-corrected chi connectivity index (χ1v) is 7.54. The van der Waals surface area contributed by atoms with Gasteiger partial charge in [0.1, 0.15) is 0 Å². The van der Waals surface area contributed by atoms with Crippen LogP contribution in [0.4, 0.5) is 0 Å². The van der Waals surface area contributed by atoms with Crippen LogP contribution in [0.1, 0.15) is 29.7 Å². The number of nitrogens with one attached hydrogen (secondary N) is 1. The Morgan fingerprint density at radius 2 is 2.14 bits per heavy atom. The van der Waals surface area contributed by atoms with Crippen molar-refractivity contribution in [3.8, 4) is 22.6 Å². The van der Waals surface area contributed by atoms with Gasteiger partial charge in [0.05, 0.1) is 0 Å². The van der Waals surface area contributed by atoms with Crippen molar-refractivity contribution in [1.29, 1.82) is 0 Å². The van der Waals surface area contributed by atoms with Crippen molar-refractivity contribution >= 4 is 5.97 Å². The predicted octanol–water partition coefficient (Wildman–Crippen LogP) is 2.73. The lowest BCUT2D eigenvalue weighted by molar-refractivity contribution is -0.131. The largest absolute Gasteiger partial charge is 0.504 e. The van der Waals surface area contributed by atoms with Crippen molar-refractivity contribution in [2.75, 3.05) is 6.54 Å². The highest BCUT2D eigenvalue weighted by Crippen LogP contribution is 2.48. The maximum atomic E-state index is 11.4. The fourth-order valence-corrected chi connectivity index (χ4v) is 3.66. The summed E-state index contributed by atoms with van der Waals surface area (Å²) >= 11 is 0. The number of phenols is 1. The van der Waals surface area contributed by atoms with E-state index in [1.165, 1.54) is 18.1 Å². The lowest BCUT2D eigenvalue weighted by Gasteiger charge is -2.34. The number of rotatable bonds is 1. The second-order valence-corrected chi connectivity index (χ2v) is 5.88. The van der Waals surface area contributed by atoms with Gasteiger partial charge < -0.3 is 15.2 Å². The molecule has 0 radical (unpaired) electrons. The van der Waals surface area contributed by atoms with Gasteiger partial charge in [0.25, 0.3) is 0 Å². The minimum absolute atomic E-state index is 0.00812. The fourth-order valence-electron chi connectivity index (χ4n) is 3.66. The standard InChI is InChI=1S/C18H17NO3/c1-10(20)22-18-15(21)6-5-12-9-14-16-11(7-8-19-14)3-2-4-13(16)17(12)18/h2-6,14,19,21H,7-9H2,1H3. The normalized spacial score (nSPS) is 18.3. The van der Waals surface area contributed by atoms with Gasteiger partial charge in [-0.2, -0.15) is 0 Å². The second-order valence-electron chi connectivity index (χ2n) is 5.88. The highest BCUT2D eigenvalue weighted by atomic mass is 16.5. The van der Waals surface area contributed by atoms with Crippen LogP contribution in [0.5, 0.6) is 11.5 Å². The third-order valence-electron chi connectivity index (χ3n) is 4.49. The lowest BCUT2D eigenvalue weighted by Crippen LogP contribution is -2.33. The first-order chi connectivity index (χ1) is 10.6. The second kappa shape index (κ2) is 4.85. The molecule has 1 atom stereocenters. The molecule has 4 nitrogen and oxygen atoms in total. The molecule has 0 bridgehead atoms. The molecule has 4 rings (SSSR count). The van der Waals surface area contributed by atoms with Crippen LogP contribution in [-0.4, -0.2) is 17.6 Å². The summed E-state index contributed by atoms with van der Waals surface area (Å²) in [7, 11) is 0. The molecule has 4 heteroatoms. The van der Waals surface area contributed by atoms with Crippen molar-refractivity contribution in [1.82, 2.24) is 5.32 Å². The van der Waals surface area contributed by atoms with Gasteiger partial charge in [-0.3, -0.25) is 4.79 Å². The average molecular weight is 295 g/mol. The fraction of sp³-hybridized carbons (Fsp3) is 0.278. The van der Waals surface area contributed by atoms with Crippen LogP contribution in [0.2, 0.25) is 0 Å². The molecule has 22 heavy (non-hydrogen) atoms. The summed E-state index contributed by atoms with van der Waals surface area (Å²) in [5.74, 6) is -0.134. The number of aromatic hydroxyl groups is 1. The van der Waals surface area contributed by atoms with E-state index in [-0.39, 0.29) is 11.5 Å². The van der Waals surface area contributed by atoms with Crippen LogP contribution < -0.4 is 10.1 Å². The number of esters is 1. The first-order valence-electron chi connectivity index (χ1n) is 7.54. The third kappa shape index (κ3) is 1.91. The van der Waals surface area contributed by atoms with E-state index >= 15 is 0 Å². The maximum absolute atomic E-state index is 11.4. The number of phenolic OH excluding ortho intramolecular Hbond substituents is 1. The molecule has 1 unspecified atom stereocenters. The summed E-state index contributed by atoms with van der Waals surface area (Å²) in [4.78, 5) is 11.4. The molecule has 2 aromatic rings. The van der Waals surface area contributed by atoms with Crippen molar-refractivity contribution in [3.05, 3.63) is 47.0 Å². The van der Waals surface area contributed by atoms with Gasteiger partial charge in [-0.25, -0.2) is 0 Å². The smallest absolute Gasteiger partial charge is 0.308 e. The molecule has 1 aliphatic heterocycles. The average Bonchev–Trinajstić information content (AvgIpc) is 2.50. The van der Waals surface area contributed by atoms with Gasteiger partial charge in [-0.15, -0.1) is 0 Å². The molecule has 0 spiro atoms. The number of hydrogen-bond donors (Lipinski definition) is 2. The Kier molecular flexibility index (Phi) is 2.94. The van der Waals surface area contributed by atoms with Crippen LogP contribution >= 0.6 is 0 Å². The summed E-state index contributed by atoms with van der Waals surface area (Å²) in [6.07, 6.45) is 1.84. The number of hydrogen-bond acceptors (Lipinski definition) is 4. The van der Waals surface area contributed by atoms with Gasteiger partial charge in [0.2, 0.25) is 0 Å². The zero-order chi connectivity index (χ0) is 15.3. The molecule has 0 fully saturated rings. The molecule has 0 amide bonds. The van der Waals surface area contributed by atoms with Crippen LogP contribution in [-0.2, 0) is 17.6 Å². The van der Waals surface area contributed by atoms with Gasteiger partial charge in [-0.05, 0) is 47.7 Å². The molecule has 2 aliphatic rings. The van der Waals surface area contributed by atoms with Crippen molar-refractivity contribution in [2.24, 2.45) is 0 Å². The Hall–Kier alpha value is -2.33. The molecule has 1 aliphatic carbocycles. The molecule has 0 saturated carbocycles. The van der Waals surface area contributed by atoms with E-state index in [0.29, 0.717) is 6.04 Å². The number of fused-ring (bicyclic) bond motifs is 2. The van der Waals surface area contributed by atoms with Gasteiger partial charge in [0.15, 0.2) is 11.5 Å². The Morgan fingerprint density at radius 3 is 2.95 bits per heavy atom. The molecule has 0 saturated heterocycles. The van der Waals surface area contributed by atoms with E-state index in [1.54, 1.807) is 6.07 Å². The monoisotopic (exact) mass is 295 g/mol. The number of carbonyl (C=O) groups excluding carboxylic acids is 1. The Labute approximate surface area is 128 Å². The number of benzene rings is 2. The van der Waals surface area contributed by atoms with E-state index in [1.807, 2.05) is 18.2 Å². The molecule has 2 N–H and O–H groups in total. The zero-order valence-corrected chi connectivity index (χ0v) is 12.3. The molecular weight excluding hydrogens is 278 g/mol. The highest BCUT2D eigenvalue weighted by Gasteiger charge is 2.32. The Balaban J connectivity index is 2.00. The number of carbonyl (C=O) groups is 1. The first kappa shape index (κ1) is 13.3. The Morgan fingerprint density at radius 1 is 1.27 bits per heavy atom. The highest BCUT2D eigenvalue weighted by molar-refractivity contribution is 5.85. The molecule has 1 heterocycles. The van der Waals surface area contributed by atoms with Crippen molar-refractivity contribution < 1.29 is 14.6 Å². The van der Waals surface area contributed by atoms with E-state index in [2.05, 4.69) is 11.4 Å². The summed E-state index contributed by atoms with van der Waals surface area (Å²) < 4.78 is 5.32. The predicted molar refractivity (Wildman–Crippen MR) is 83.0 cm³/mol. The minimum Gasteiger partial charge on any atom is -0.504 e. The van der Waals surface area contributed by atoms with E-state index in [4.69, 9.17) is 4.74 Å². The molecule has 112 valence electrons. The SMILES string of the molecule is CC(=O)Oc1c(O)ccc2c1-c1cccc3c1C(C2)NCC3. The van der Waals surface area contributed by atoms with Gasteiger partial charge >= 0.3 is 5.97 Å². The minimum atomic E-state index is -0.422. The topological polar surface area (TPSA) is 58.6 Å². The maximum Gasteiger partial charge on any atom is 0.308 e. The van der Waals surface area contributed by atoms with Crippen molar-refractivity contribution in [3.63, 3.8) is 0 Å². The third-order valence-corrected chi connectivity index (χ3v) is 4.49. The summed E-state index contributed by atoms with van der Waals surface area (Å²) in [5, 5.41) is 13.7. The summed E-state index contributed by atoms with van der Waals surface area (Å²) in [5.41, 5.74) is 5.62. The van der Waals surface area contributed by atoms with Crippen LogP contribution in [0.3, 0.4) is 0 Å². The van der Waals surface area contributed by atoms with E-state index in [9.17, 15) is 9.90 Å². The summed E-state index contributed by atoms with van der Waals surface area (Å²) in [6.45, 7) is 2.33. The van der Waals surface area contributed by atoms with Gasteiger partial charge in [-0.1, -0.05) is 24.3 Å². The van der Waals surface area contributed by atoms with Crippen LogP contribution in [0.15, 0.2) is 30.3 Å². The van der Waals surface area contributed by atoms with Crippen molar-refractivity contribution in [2.45, 2.75) is 25.8 Å². The molecule has 0 aromatic heterocycles. The lowest BCUT2D eigenvalue weighted by atomic mass is 9.77. The van der Waals surface area contributed by atoms with Crippen LogP contribution in [0, 0.1) is 0 Å². The van der Waals surface area contributed by atoms with Gasteiger partial charge in [0, 0.05) is 18.5 Å². The number of ether oxygens (including phenoxy) is 1. The summed E-state index contributed by atoms with van der Waals surface area (Å²) in [6, 6.07) is 10.1. The van der Waals surface area contributed by atoms with E-state index < -0.39 is 5.97 Å². The Bertz CT molecular complexity index is 782. The molecular formula is C18H17NO3. The van der Waals surface area contributed by atoms with Crippen LogP contribution in [0.25, 0.3) is 11.1 Å². The molecule has 2 aromatic carbocycles. The quantitative estimate of drug-likeness (QED) is 0.627.